The maximum Gasteiger partial charge on any atom is 0.290 e. The van der Waals surface area contributed by atoms with Crippen LogP contribution >= 0.6 is 15.9 Å². The first kappa shape index (κ1) is 9.03. The standard InChI is InChI=1S/C4H3BrN2.CH2O2/c5-4-6-2-1-3-7-4;2-1-3/h1-3H;1H,(H,2,3). The van der Waals surface area contributed by atoms with E-state index in [9.17, 15) is 0 Å². The van der Waals surface area contributed by atoms with Gasteiger partial charge in [-0.2, -0.15) is 0 Å². The van der Waals surface area contributed by atoms with Crippen molar-refractivity contribution in [1.29, 1.82) is 0 Å². The van der Waals surface area contributed by atoms with Crippen LogP contribution in [0.5, 0.6) is 0 Å². The largest absolute Gasteiger partial charge is 0.483 e. The summed E-state index contributed by atoms with van der Waals surface area (Å²) in [6.07, 6.45) is 3.36. The van der Waals surface area contributed by atoms with Crippen LogP contribution in [-0.2, 0) is 4.79 Å². The van der Waals surface area contributed by atoms with E-state index in [2.05, 4.69) is 25.9 Å². The fourth-order valence-corrected chi connectivity index (χ4v) is 0.517. The number of hydrogen-bond donors (Lipinski definition) is 1. The molecule has 0 aliphatic heterocycles. The molecule has 0 aliphatic carbocycles. The molecule has 0 fully saturated rings. The van der Waals surface area contributed by atoms with Gasteiger partial charge in [-0.15, -0.1) is 0 Å². The van der Waals surface area contributed by atoms with Crippen LogP contribution in [0.1, 0.15) is 0 Å². The smallest absolute Gasteiger partial charge is 0.290 e. The lowest BCUT2D eigenvalue weighted by atomic mass is 10.7. The van der Waals surface area contributed by atoms with Crippen molar-refractivity contribution in [3.8, 4) is 0 Å². The lowest BCUT2D eigenvalue weighted by molar-refractivity contribution is -0.122. The van der Waals surface area contributed by atoms with Crippen LogP contribution < -0.4 is 0 Å². The summed E-state index contributed by atoms with van der Waals surface area (Å²) < 4.78 is 0.634. The third kappa shape index (κ3) is 5.17. The maximum absolute atomic E-state index is 8.36. The van der Waals surface area contributed by atoms with Crippen molar-refractivity contribution in [2.45, 2.75) is 0 Å². The fraction of sp³-hybridized carbons (Fsp3) is 0. The Kier molecular flexibility index (Phi) is 5.56. The Labute approximate surface area is 66.1 Å². The van der Waals surface area contributed by atoms with Crippen LogP contribution in [0.15, 0.2) is 23.2 Å². The van der Waals surface area contributed by atoms with E-state index >= 15 is 0 Å². The summed E-state index contributed by atoms with van der Waals surface area (Å²) in [5.74, 6) is 0. The molecule has 0 aliphatic rings. The summed E-state index contributed by atoms with van der Waals surface area (Å²) in [5, 5.41) is 6.89. The van der Waals surface area contributed by atoms with Crippen LogP contribution in [-0.4, -0.2) is 21.5 Å². The summed E-state index contributed by atoms with van der Waals surface area (Å²) in [6, 6.07) is 1.77. The van der Waals surface area contributed by atoms with Gasteiger partial charge in [0.05, 0.1) is 0 Å². The Morgan fingerprint density at radius 2 is 1.90 bits per heavy atom. The average molecular weight is 205 g/mol. The number of carboxylic acid groups (broad SMARTS) is 1. The zero-order valence-corrected chi connectivity index (χ0v) is 6.52. The molecule has 1 aromatic heterocycles. The SMILES string of the molecule is Brc1ncccn1.O=CO. The van der Waals surface area contributed by atoms with Gasteiger partial charge in [-0.05, 0) is 22.0 Å². The van der Waals surface area contributed by atoms with Crippen molar-refractivity contribution in [2.75, 3.05) is 0 Å². The van der Waals surface area contributed by atoms with Gasteiger partial charge in [0.2, 0.25) is 0 Å². The molecule has 0 bridgehead atoms. The average Bonchev–Trinajstić information content (AvgIpc) is 1.91. The van der Waals surface area contributed by atoms with Crippen molar-refractivity contribution in [2.24, 2.45) is 0 Å². The molecular weight excluding hydrogens is 200 g/mol. The molecule has 0 saturated heterocycles. The molecule has 5 heteroatoms. The van der Waals surface area contributed by atoms with E-state index in [4.69, 9.17) is 9.90 Å². The van der Waals surface area contributed by atoms with Crippen molar-refractivity contribution < 1.29 is 9.90 Å². The second-order valence-electron chi connectivity index (χ2n) is 1.12. The summed E-state index contributed by atoms with van der Waals surface area (Å²) in [7, 11) is 0. The maximum atomic E-state index is 8.36. The van der Waals surface area contributed by atoms with Gasteiger partial charge in [-0.1, -0.05) is 0 Å². The lowest BCUT2D eigenvalue weighted by Crippen LogP contribution is -1.74. The Morgan fingerprint density at radius 3 is 2.10 bits per heavy atom. The first-order valence-corrected chi connectivity index (χ1v) is 3.11. The number of aromatic nitrogens is 2. The Balaban J connectivity index is 0.000000236. The van der Waals surface area contributed by atoms with Gasteiger partial charge in [0.1, 0.15) is 0 Å². The van der Waals surface area contributed by atoms with Crippen LogP contribution in [0.2, 0.25) is 0 Å². The summed E-state index contributed by atoms with van der Waals surface area (Å²) in [5.41, 5.74) is 0. The molecule has 4 nitrogen and oxygen atoms in total. The highest BCUT2D eigenvalue weighted by atomic mass is 79.9. The second kappa shape index (κ2) is 6.15. The molecule has 1 N–H and O–H groups in total. The van der Waals surface area contributed by atoms with Gasteiger partial charge in [0, 0.05) is 12.4 Å². The Bertz CT molecular complexity index is 180. The molecular formula is C5H5BrN2O2. The molecule has 1 heterocycles. The number of carbonyl (C=O) groups is 1. The minimum atomic E-state index is -0.250. The van der Waals surface area contributed by atoms with Crippen LogP contribution in [0.25, 0.3) is 0 Å². The lowest BCUT2D eigenvalue weighted by Gasteiger charge is -1.79. The van der Waals surface area contributed by atoms with Crippen molar-refractivity contribution in [3.05, 3.63) is 23.2 Å². The highest BCUT2D eigenvalue weighted by Gasteiger charge is 1.77. The van der Waals surface area contributed by atoms with Crippen molar-refractivity contribution in [1.82, 2.24) is 9.97 Å². The zero-order chi connectivity index (χ0) is 7.82. The van der Waals surface area contributed by atoms with E-state index in [0.717, 1.165) is 0 Å². The molecule has 0 amide bonds. The normalized spacial score (nSPS) is 7.30. The third-order valence-corrected chi connectivity index (χ3v) is 0.944. The highest BCUT2D eigenvalue weighted by molar-refractivity contribution is 9.10. The first-order valence-electron chi connectivity index (χ1n) is 2.31. The van der Waals surface area contributed by atoms with E-state index < -0.39 is 0 Å². The van der Waals surface area contributed by atoms with Crippen molar-refractivity contribution in [3.63, 3.8) is 0 Å². The topological polar surface area (TPSA) is 63.1 Å². The van der Waals surface area contributed by atoms with Crippen LogP contribution in [0, 0.1) is 0 Å². The molecule has 54 valence electrons. The van der Waals surface area contributed by atoms with E-state index in [-0.39, 0.29) is 6.47 Å². The van der Waals surface area contributed by atoms with Gasteiger partial charge < -0.3 is 5.11 Å². The summed E-state index contributed by atoms with van der Waals surface area (Å²) >= 11 is 3.09. The van der Waals surface area contributed by atoms with Gasteiger partial charge in [0.25, 0.3) is 6.47 Å². The van der Waals surface area contributed by atoms with Crippen molar-refractivity contribution >= 4 is 22.4 Å². The molecule has 0 radical (unpaired) electrons. The van der Waals surface area contributed by atoms with E-state index in [0.29, 0.717) is 4.73 Å². The minimum Gasteiger partial charge on any atom is -0.483 e. The van der Waals surface area contributed by atoms with Gasteiger partial charge in [0.15, 0.2) is 4.73 Å². The molecule has 0 saturated carbocycles. The number of nitrogens with zero attached hydrogens (tertiary/aromatic N) is 2. The van der Waals surface area contributed by atoms with E-state index in [1.807, 2.05) is 0 Å². The second-order valence-corrected chi connectivity index (χ2v) is 1.83. The molecule has 0 aromatic carbocycles. The van der Waals surface area contributed by atoms with Gasteiger partial charge in [-0.25, -0.2) is 9.97 Å². The molecule has 1 rings (SSSR count). The molecule has 10 heavy (non-hydrogen) atoms. The van der Waals surface area contributed by atoms with Crippen LogP contribution in [0.3, 0.4) is 0 Å². The summed E-state index contributed by atoms with van der Waals surface area (Å²) in [6.45, 7) is -0.250. The first-order chi connectivity index (χ1) is 4.81. The van der Waals surface area contributed by atoms with Gasteiger partial charge in [-0.3, -0.25) is 4.79 Å². The van der Waals surface area contributed by atoms with E-state index in [1.54, 1.807) is 18.5 Å². The highest BCUT2D eigenvalue weighted by Crippen LogP contribution is 1.94. The Hall–Kier alpha value is -0.970. The quantitative estimate of drug-likeness (QED) is 0.505. The predicted octanol–water partition coefficient (Wildman–Crippen LogP) is 0.940. The fourth-order valence-electron chi connectivity index (χ4n) is 0.281. The van der Waals surface area contributed by atoms with Gasteiger partial charge >= 0.3 is 0 Å². The number of hydrogen-bond acceptors (Lipinski definition) is 3. The molecule has 0 unspecified atom stereocenters. The van der Waals surface area contributed by atoms with Crippen LogP contribution in [0.4, 0.5) is 0 Å². The predicted molar refractivity (Wildman–Crippen MR) is 38.4 cm³/mol. The monoisotopic (exact) mass is 204 g/mol. The molecule has 0 spiro atoms. The molecule has 1 aromatic rings. The number of halogens is 1. The minimum absolute atomic E-state index is 0.250. The van der Waals surface area contributed by atoms with E-state index in [1.165, 1.54) is 0 Å². The zero-order valence-electron chi connectivity index (χ0n) is 4.94. The summed E-state index contributed by atoms with van der Waals surface area (Å²) in [4.78, 5) is 15.9. The Morgan fingerprint density at radius 1 is 1.50 bits per heavy atom. The number of rotatable bonds is 0. The third-order valence-electron chi connectivity index (χ3n) is 0.534. The molecule has 0 atom stereocenters.